The number of rotatable bonds is 1. The fourth-order valence-corrected chi connectivity index (χ4v) is 0.744. The lowest BCUT2D eigenvalue weighted by Gasteiger charge is -2.00. The molecule has 1 rings (SSSR count). The van der Waals surface area contributed by atoms with Crippen LogP contribution in [-0.2, 0) is 0 Å². The van der Waals surface area contributed by atoms with Gasteiger partial charge >= 0.3 is 0 Å². The van der Waals surface area contributed by atoms with Crippen molar-refractivity contribution in [2.75, 3.05) is 7.11 Å². The van der Waals surface area contributed by atoms with Crippen LogP contribution < -0.4 is 10.2 Å². The molecule has 0 aliphatic carbocycles. The van der Waals surface area contributed by atoms with E-state index in [1.807, 2.05) is 0 Å². The van der Waals surface area contributed by atoms with Crippen molar-refractivity contribution in [3.63, 3.8) is 0 Å². The van der Waals surface area contributed by atoms with Gasteiger partial charge in [-0.1, -0.05) is 5.46 Å². The van der Waals surface area contributed by atoms with E-state index in [1.165, 1.54) is 6.07 Å². The molecule has 0 aliphatic rings. The minimum Gasteiger partial charge on any atom is -0.497 e. The molecule has 3 heteroatoms. The second-order valence-electron chi connectivity index (χ2n) is 2.12. The average Bonchev–Trinajstić information content (AvgIpc) is 1.95. The van der Waals surface area contributed by atoms with Crippen LogP contribution in [0, 0.1) is 5.82 Å². The molecule has 0 heterocycles. The Morgan fingerprint density at radius 1 is 1.50 bits per heavy atom. The van der Waals surface area contributed by atoms with Crippen molar-refractivity contribution in [1.29, 1.82) is 0 Å². The molecule has 0 saturated carbocycles. The Balaban J connectivity index is 3.04. The second-order valence-corrected chi connectivity index (χ2v) is 2.12. The number of methoxy groups -OCH3 is 1. The molecule has 0 aromatic heterocycles. The number of benzene rings is 1. The van der Waals surface area contributed by atoms with E-state index < -0.39 is 0 Å². The molecular weight excluding hydrogens is 130 g/mol. The number of hydrogen-bond donors (Lipinski definition) is 0. The summed E-state index contributed by atoms with van der Waals surface area (Å²) in [6.07, 6.45) is 0. The average molecular weight is 138 g/mol. The van der Waals surface area contributed by atoms with E-state index in [9.17, 15) is 4.39 Å². The summed E-state index contributed by atoms with van der Waals surface area (Å²) < 4.78 is 17.5. The lowest BCUT2D eigenvalue weighted by atomic mass is 9.95. The van der Waals surface area contributed by atoms with Gasteiger partial charge < -0.3 is 4.74 Å². The van der Waals surface area contributed by atoms with Crippen molar-refractivity contribution in [3.8, 4) is 5.75 Å². The van der Waals surface area contributed by atoms with Gasteiger partial charge in [-0.2, -0.15) is 0 Å². The first kappa shape index (κ1) is 7.13. The van der Waals surface area contributed by atoms with Crippen LogP contribution in [0.1, 0.15) is 0 Å². The fraction of sp³-hybridized carbons (Fsp3) is 0.143. The van der Waals surface area contributed by atoms with E-state index in [-0.39, 0.29) is 5.82 Å². The third-order valence-electron chi connectivity index (χ3n) is 1.37. The van der Waals surface area contributed by atoms with Crippen molar-refractivity contribution >= 4 is 13.3 Å². The molecule has 0 bridgehead atoms. The minimum absolute atomic E-state index is 0.194. The zero-order valence-electron chi connectivity index (χ0n) is 6.02. The van der Waals surface area contributed by atoms with E-state index >= 15 is 0 Å². The summed E-state index contributed by atoms with van der Waals surface area (Å²) in [5.74, 6) is 0.500. The molecule has 0 unspecified atom stereocenters. The van der Waals surface area contributed by atoms with E-state index in [0.29, 0.717) is 11.2 Å². The summed E-state index contributed by atoms with van der Waals surface area (Å²) >= 11 is 0. The van der Waals surface area contributed by atoms with E-state index in [1.54, 1.807) is 27.1 Å². The summed E-state index contributed by atoms with van der Waals surface area (Å²) in [4.78, 5) is 0. The Morgan fingerprint density at radius 2 is 2.20 bits per heavy atom. The summed E-state index contributed by atoms with van der Waals surface area (Å²) in [5, 5.41) is 0. The van der Waals surface area contributed by atoms with Crippen LogP contribution >= 0.6 is 0 Å². The zero-order valence-corrected chi connectivity index (χ0v) is 6.02. The van der Waals surface area contributed by atoms with E-state index in [2.05, 4.69) is 0 Å². The molecule has 0 fully saturated rings. The van der Waals surface area contributed by atoms with Crippen molar-refractivity contribution in [1.82, 2.24) is 0 Å². The highest BCUT2D eigenvalue weighted by Crippen LogP contribution is 2.06. The van der Waals surface area contributed by atoms with Crippen LogP contribution in [0.5, 0.6) is 5.75 Å². The highest BCUT2D eigenvalue weighted by Gasteiger charge is 1.96. The van der Waals surface area contributed by atoms with Crippen LogP contribution in [0.2, 0.25) is 0 Å². The molecular formula is C7H8BFO. The zero-order chi connectivity index (χ0) is 7.56. The largest absolute Gasteiger partial charge is 0.497 e. The highest BCUT2D eigenvalue weighted by molar-refractivity contribution is 6.32. The molecule has 10 heavy (non-hydrogen) atoms. The summed E-state index contributed by atoms with van der Waals surface area (Å²) in [6, 6.07) is 4.66. The van der Waals surface area contributed by atoms with Crippen LogP contribution in [0.3, 0.4) is 0 Å². The summed E-state index contributed by atoms with van der Waals surface area (Å²) in [5.41, 5.74) is 0.611. The molecule has 0 N–H and O–H groups in total. The standard InChI is InChI=1S/C7H8BFO/c1-10-5-2-3-7(9)6(8)4-5/h2-4H,8H2,1H3. The molecule has 0 atom stereocenters. The maximum Gasteiger partial charge on any atom is 0.143 e. The Kier molecular flexibility index (Phi) is 1.95. The normalized spacial score (nSPS) is 9.40. The first-order valence-electron chi connectivity index (χ1n) is 3.04. The van der Waals surface area contributed by atoms with Gasteiger partial charge in [0.15, 0.2) is 0 Å². The Bertz CT molecular complexity index is 237. The smallest absolute Gasteiger partial charge is 0.143 e. The van der Waals surface area contributed by atoms with E-state index in [4.69, 9.17) is 4.74 Å². The first-order chi connectivity index (χ1) is 4.74. The van der Waals surface area contributed by atoms with Crippen LogP contribution in [0.4, 0.5) is 4.39 Å². The van der Waals surface area contributed by atoms with Gasteiger partial charge in [-0.3, -0.25) is 0 Å². The van der Waals surface area contributed by atoms with Crippen LogP contribution in [-0.4, -0.2) is 15.0 Å². The Morgan fingerprint density at radius 3 is 2.70 bits per heavy atom. The number of halogens is 1. The maximum absolute atomic E-state index is 12.6. The lowest BCUT2D eigenvalue weighted by Crippen LogP contribution is -2.07. The molecule has 0 amide bonds. The SMILES string of the molecule is Bc1cc(OC)ccc1F. The number of ether oxygens (including phenoxy) is 1. The maximum atomic E-state index is 12.6. The van der Waals surface area contributed by atoms with Gasteiger partial charge in [-0.15, -0.1) is 0 Å². The van der Waals surface area contributed by atoms with Crippen LogP contribution in [0.15, 0.2) is 18.2 Å². The molecule has 52 valence electrons. The fourth-order valence-electron chi connectivity index (χ4n) is 0.744. The van der Waals surface area contributed by atoms with Gasteiger partial charge in [0.25, 0.3) is 0 Å². The van der Waals surface area contributed by atoms with Crippen LogP contribution in [0.25, 0.3) is 0 Å². The molecule has 1 aromatic carbocycles. The second kappa shape index (κ2) is 2.73. The molecule has 0 spiro atoms. The van der Waals surface area contributed by atoms with E-state index in [0.717, 1.165) is 0 Å². The monoisotopic (exact) mass is 138 g/mol. The third-order valence-corrected chi connectivity index (χ3v) is 1.37. The third kappa shape index (κ3) is 1.29. The quantitative estimate of drug-likeness (QED) is 0.499. The first-order valence-corrected chi connectivity index (χ1v) is 3.04. The summed E-state index contributed by atoms with van der Waals surface area (Å²) in [6.45, 7) is 0. The predicted molar refractivity (Wildman–Crippen MR) is 41.1 cm³/mol. The Hall–Kier alpha value is -0.985. The van der Waals surface area contributed by atoms with Gasteiger partial charge in [0.2, 0.25) is 0 Å². The van der Waals surface area contributed by atoms with Gasteiger partial charge in [-0.25, -0.2) is 4.39 Å². The van der Waals surface area contributed by atoms with Crippen molar-refractivity contribution in [2.45, 2.75) is 0 Å². The minimum atomic E-state index is -0.194. The van der Waals surface area contributed by atoms with Crippen molar-refractivity contribution in [3.05, 3.63) is 24.0 Å². The topological polar surface area (TPSA) is 9.23 Å². The number of hydrogen-bond acceptors (Lipinski definition) is 1. The van der Waals surface area contributed by atoms with Crippen molar-refractivity contribution < 1.29 is 9.13 Å². The van der Waals surface area contributed by atoms with Crippen molar-refractivity contribution in [2.24, 2.45) is 0 Å². The molecule has 0 aliphatic heterocycles. The molecule has 0 radical (unpaired) electrons. The molecule has 1 nitrogen and oxygen atoms in total. The molecule has 1 aromatic rings. The van der Waals surface area contributed by atoms with Gasteiger partial charge in [0, 0.05) is 0 Å². The van der Waals surface area contributed by atoms with Gasteiger partial charge in [0.1, 0.15) is 19.4 Å². The van der Waals surface area contributed by atoms with Gasteiger partial charge in [-0.05, 0) is 18.2 Å². The Labute approximate surface area is 60.2 Å². The summed E-state index contributed by atoms with van der Waals surface area (Å²) in [7, 11) is 3.27. The predicted octanol–water partition coefficient (Wildman–Crippen LogP) is 0.0927. The lowest BCUT2D eigenvalue weighted by molar-refractivity contribution is 0.414. The van der Waals surface area contributed by atoms with Gasteiger partial charge in [0.05, 0.1) is 7.11 Å². The molecule has 0 saturated heterocycles. The highest BCUT2D eigenvalue weighted by atomic mass is 19.1.